The first-order chi connectivity index (χ1) is 58.9. The zero-order valence-corrected chi connectivity index (χ0v) is 71.8. The normalized spacial score (nSPS) is 15.0. The number of fused-ring (bicyclic) bond motifs is 3. The molecule has 3 saturated heterocycles. The fourth-order valence-corrected chi connectivity index (χ4v) is 14.8. The Morgan fingerprint density at radius 1 is 0.463 bits per heavy atom. The van der Waals surface area contributed by atoms with Crippen molar-refractivity contribution in [2.45, 2.75) is 115 Å². The average Bonchev–Trinajstić information content (AvgIpc) is 1.62. The van der Waals surface area contributed by atoms with Gasteiger partial charge in [0.1, 0.15) is 77.6 Å². The van der Waals surface area contributed by atoms with E-state index in [1.807, 2.05) is 45.6 Å². The van der Waals surface area contributed by atoms with E-state index < -0.39 is 22.6 Å². The molecule has 34 nitrogen and oxygen atoms in total. The Morgan fingerprint density at radius 3 is 1.11 bits per heavy atom. The minimum Gasteiger partial charge on any atom is -0.472 e. The van der Waals surface area contributed by atoms with E-state index in [-0.39, 0.29) is 83.4 Å². The molecule has 5 amide bonds. The van der Waals surface area contributed by atoms with Crippen LogP contribution in [-0.2, 0) is 23.2 Å². The molecule has 3 aliphatic rings. The van der Waals surface area contributed by atoms with Crippen LogP contribution in [0.3, 0.4) is 0 Å². The molecule has 0 aliphatic carbocycles. The van der Waals surface area contributed by atoms with Gasteiger partial charge < -0.3 is 67.3 Å². The minimum atomic E-state index is -1.93. The summed E-state index contributed by atoms with van der Waals surface area (Å²) >= 11 is 0. The number of aliphatic hydroxyl groups excluding tert-OH is 1. The number of nitrogens with one attached hydrogen (secondary N) is 4. The summed E-state index contributed by atoms with van der Waals surface area (Å²) in [6.07, 6.45) is 11.5. The maximum absolute atomic E-state index is 12.9. The molecule has 3 aromatic carbocycles. The number of likely N-dealkylation sites (tertiary alicyclic amines) is 2. The maximum atomic E-state index is 12.9. The van der Waals surface area contributed by atoms with Gasteiger partial charge in [0.2, 0.25) is 0 Å². The summed E-state index contributed by atoms with van der Waals surface area (Å²) in [5.74, 6) is 15.0. The van der Waals surface area contributed by atoms with Gasteiger partial charge in [-0.25, -0.2) is 63.7 Å². The lowest BCUT2D eigenvalue weighted by Crippen LogP contribution is -2.40. The zero-order valence-electron chi connectivity index (χ0n) is 69.8. The Kier molecular flexibility index (Phi) is 28.0. The van der Waals surface area contributed by atoms with Gasteiger partial charge in [-0.3, -0.25) is 24.0 Å². The number of carbonyl (C=O) groups excluding carboxylic acids is 5. The lowest BCUT2D eigenvalue weighted by atomic mass is 10.1. The molecule has 0 saturated carbocycles. The predicted octanol–water partition coefficient (Wildman–Crippen LogP) is 10.4. The summed E-state index contributed by atoms with van der Waals surface area (Å²) in [7, 11) is -3.70. The molecule has 36 heteroatoms. The van der Waals surface area contributed by atoms with Gasteiger partial charge in [-0.1, -0.05) is 114 Å². The van der Waals surface area contributed by atoms with E-state index in [0.717, 1.165) is 47.2 Å². The van der Waals surface area contributed by atoms with Crippen LogP contribution in [0.4, 0.5) is 34.9 Å². The largest absolute Gasteiger partial charge is 0.472 e. The van der Waals surface area contributed by atoms with Gasteiger partial charge in [-0.05, 0) is 147 Å². The summed E-state index contributed by atoms with van der Waals surface area (Å²) in [5, 5.41) is 45.5. The number of aliphatic carboxylic acids is 1. The van der Waals surface area contributed by atoms with Crippen LogP contribution in [-0.4, -0.2) is 205 Å². The Balaban J connectivity index is 0.000000158. The first-order valence-electron chi connectivity index (χ1n) is 39.7. The third-order valence-corrected chi connectivity index (χ3v) is 30.8. The Labute approximate surface area is 711 Å². The van der Waals surface area contributed by atoms with E-state index in [2.05, 4.69) is 163 Å². The fourth-order valence-electron chi connectivity index (χ4n) is 13.0. The molecule has 0 radical (unpaired) electrons. The van der Waals surface area contributed by atoms with Crippen molar-refractivity contribution in [1.29, 1.82) is 0 Å². The monoisotopic (exact) mass is 1690 g/mol. The number of amides is 5. The molecule has 0 bridgehead atoms. The molecular formula is C87H96N24O10Si2. The number of nitrogens with two attached hydrogens (primary N) is 3. The minimum absolute atomic E-state index is 0.0793. The highest BCUT2D eigenvalue weighted by molar-refractivity contribution is 6.74. The highest BCUT2D eigenvalue weighted by Gasteiger charge is 2.39. The summed E-state index contributed by atoms with van der Waals surface area (Å²) < 4.78 is 17.3. The van der Waals surface area contributed by atoms with Crippen LogP contribution in [0.1, 0.15) is 110 Å². The number of anilines is 6. The second-order valence-corrected chi connectivity index (χ2v) is 41.6. The van der Waals surface area contributed by atoms with E-state index in [1.165, 1.54) is 19.0 Å². The van der Waals surface area contributed by atoms with Crippen LogP contribution in [0.2, 0.25) is 36.3 Å². The van der Waals surface area contributed by atoms with Gasteiger partial charge >= 0.3 is 5.97 Å². The fraction of sp³-hybridized carbons (Fsp3) is 0.310. The highest BCUT2D eigenvalue weighted by Crippen LogP contribution is 2.40. The molecule has 0 spiro atoms. The van der Waals surface area contributed by atoms with Crippen LogP contribution < -0.4 is 38.5 Å². The lowest BCUT2D eigenvalue weighted by Gasteiger charge is -2.35. The number of rotatable bonds is 16. The molecule has 3 fully saturated rings. The molecular weight excluding hydrogens is 1600 g/mol. The third kappa shape index (κ3) is 21.6. The van der Waals surface area contributed by atoms with Crippen LogP contribution in [0, 0.1) is 35.5 Å². The molecule has 15 rings (SSSR count). The second-order valence-electron chi connectivity index (χ2n) is 32.0. The number of hydrogen-bond acceptors (Lipinski definition) is 25. The lowest BCUT2D eigenvalue weighted by molar-refractivity contribution is -0.130. The van der Waals surface area contributed by atoms with Crippen molar-refractivity contribution in [1.82, 2.24) is 89.3 Å². The third-order valence-electron chi connectivity index (χ3n) is 21.8. The summed E-state index contributed by atoms with van der Waals surface area (Å²) in [5.41, 5.74) is 26.3. The molecule has 12 aromatic rings. The molecule has 632 valence electrons. The summed E-state index contributed by atoms with van der Waals surface area (Å²) in [4.78, 5) is 115. The number of benzene rings is 3. The van der Waals surface area contributed by atoms with E-state index >= 15 is 0 Å². The van der Waals surface area contributed by atoms with E-state index in [0.29, 0.717) is 124 Å². The molecule has 123 heavy (non-hydrogen) atoms. The quantitative estimate of drug-likeness (QED) is 0.0320. The van der Waals surface area contributed by atoms with Crippen molar-refractivity contribution >= 4 is 120 Å². The van der Waals surface area contributed by atoms with Gasteiger partial charge in [0.25, 0.3) is 29.5 Å². The number of carboxylic acid groups (broad SMARTS) is 1. The standard InChI is InChI=1S/C31H36N8O3Si.C25H22N8O3.C21H20N8O.C10H18O3Si/c1-31(2,3)43(4,5)42-18-8-10-25(40)38-17-15-23(19-38)39-29-26(28(32)34-20-35-29)27(37-39)21-11-13-22(14-12-21)30(41)36-24-9-6-7-16-33-24;26-23-21-22(16-6-8-17(9-7-16)25(36)30-19-4-1-2-11-27-19)31-33(24(21)29-15-28-23)18-10-12-32(14-18)20(35)5-3-13-34;22-19-17-18(28-29(15-8-10-23-11-15)20(17)26-12-25-19)13-4-6-14(7-5-13)21(30)27-16-3-1-2-9-24-16;1-10(2,3)14(4,5)13-8-6-7-9(11)12/h6-7,9,11-14,16,20,23H,15,17-19H2,1-5H3,(H2,32,34,35)(H,33,36,41);1-2,4,6-9,11,15,18,34H,10,12-14H2,(H2,26,28,29)(H,27,30,36);1-7,9,12,15,23H,8,10-11H2,(H2,22,25,26)(H,24,27,30);8H2,1-5H3,(H,11,12)/t23-;18-;15-;/m111./s1. The number of pyridine rings is 3. The number of nitrogens with zero attached hydrogens (tertiary/aromatic N) is 17. The number of carboxylic acids is 1. The Hall–Kier alpha value is -14.1. The van der Waals surface area contributed by atoms with Gasteiger partial charge in [-0.15, -0.1) is 0 Å². The van der Waals surface area contributed by atoms with E-state index in [1.54, 1.807) is 130 Å². The number of hydrogen-bond donors (Lipinski definition) is 9. The molecule has 0 unspecified atom stereocenters. The predicted molar refractivity (Wildman–Crippen MR) is 473 cm³/mol. The zero-order chi connectivity index (χ0) is 87.8. The number of aliphatic hydroxyl groups is 1. The van der Waals surface area contributed by atoms with Crippen LogP contribution in [0.25, 0.3) is 66.9 Å². The van der Waals surface area contributed by atoms with Crippen molar-refractivity contribution in [2.75, 3.05) is 92.2 Å². The molecule has 3 aliphatic heterocycles. The number of nitrogen functional groups attached to an aromatic ring is 3. The average molecular weight is 1690 g/mol. The number of aromatic nitrogens is 15. The molecule has 9 aromatic heterocycles. The van der Waals surface area contributed by atoms with Gasteiger partial charge in [0.15, 0.2) is 33.6 Å². The van der Waals surface area contributed by atoms with Crippen molar-refractivity contribution in [2.24, 2.45) is 0 Å². The number of carbonyl (C=O) groups is 6. The van der Waals surface area contributed by atoms with E-state index in [9.17, 15) is 28.8 Å². The highest BCUT2D eigenvalue weighted by atomic mass is 28.4. The second kappa shape index (κ2) is 39.0. The van der Waals surface area contributed by atoms with Crippen molar-refractivity contribution < 1.29 is 47.8 Å². The van der Waals surface area contributed by atoms with Crippen LogP contribution in [0.15, 0.2) is 165 Å². The Bertz CT molecular complexity index is 6020. The van der Waals surface area contributed by atoms with Crippen molar-refractivity contribution in [3.63, 3.8) is 0 Å². The first-order valence-corrected chi connectivity index (χ1v) is 45.5. The van der Waals surface area contributed by atoms with Crippen LogP contribution in [0.5, 0.6) is 0 Å². The maximum Gasteiger partial charge on any atom is 0.381 e. The summed E-state index contributed by atoms with van der Waals surface area (Å²) in [6.45, 7) is 25.2. The smallest absolute Gasteiger partial charge is 0.381 e. The SMILES string of the molecule is CC(C)(C)[Si](C)(C)OCC#CC(=O)N1CC[C@@H](n2nc(-c3ccc(C(=O)Nc4ccccn4)cc3)c3c(N)ncnc32)C1.CC(C)(C)[Si](C)(C)OCC#CC(=O)O.Nc1ncnc2c1c(-c1ccc(C(=O)Nc3ccccn3)cc1)nn2[C@@H]1CCN(C(=O)C#CCO)C1.Nc1ncnc2c1c(-c1ccc(C(=O)Nc3ccccn3)cc1)nn2[C@@H]1CCNC1. The topological polar surface area (TPSA) is 463 Å². The van der Waals surface area contributed by atoms with E-state index in [4.69, 9.17) is 51.6 Å². The first kappa shape index (κ1) is 88.2. The van der Waals surface area contributed by atoms with Crippen LogP contribution >= 0.6 is 0 Å². The van der Waals surface area contributed by atoms with Gasteiger partial charge in [0.05, 0.1) is 47.5 Å². The summed E-state index contributed by atoms with van der Waals surface area (Å²) in [6, 6.07) is 37.2. The van der Waals surface area contributed by atoms with Crippen molar-refractivity contribution in [3.8, 4) is 69.3 Å². The molecule has 3 atom stereocenters. The van der Waals surface area contributed by atoms with Crippen molar-refractivity contribution in [3.05, 3.63) is 182 Å². The molecule has 12 N–H and O–H groups in total. The Morgan fingerprint density at radius 2 is 0.805 bits per heavy atom. The molecule has 12 heterocycles. The van der Waals surface area contributed by atoms with Gasteiger partial charge in [0, 0.05) is 90.6 Å². The van der Waals surface area contributed by atoms with Gasteiger partial charge in [-0.2, -0.15) is 15.3 Å².